The molecule has 1 aromatic heterocycles. The van der Waals surface area contributed by atoms with E-state index in [0.29, 0.717) is 18.2 Å². The van der Waals surface area contributed by atoms with E-state index in [1.807, 2.05) is 18.2 Å². The summed E-state index contributed by atoms with van der Waals surface area (Å²) in [4.78, 5) is 16.1. The van der Waals surface area contributed by atoms with Crippen molar-refractivity contribution in [2.45, 2.75) is 20.3 Å². The fourth-order valence-corrected chi connectivity index (χ4v) is 2.16. The van der Waals surface area contributed by atoms with Gasteiger partial charge >= 0.3 is 0 Å². The largest absolute Gasteiger partial charge is 0.497 e. The number of nitrogens with zero attached hydrogens (tertiary/aromatic N) is 1. The van der Waals surface area contributed by atoms with Crippen LogP contribution in [0, 0.1) is 5.92 Å². The predicted molar refractivity (Wildman–Crippen MR) is 96.6 cm³/mol. The molecule has 24 heavy (non-hydrogen) atoms. The molecule has 5 heteroatoms. The summed E-state index contributed by atoms with van der Waals surface area (Å²) in [5.74, 6) is 1.16. The summed E-state index contributed by atoms with van der Waals surface area (Å²) < 4.78 is 5.15. The van der Waals surface area contributed by atoms with Gasteiger partial charge in [0.2, 0.25) is 0 Å². The molecule has 2 N–H and O–H groups in total. The smallest absolute Gasteiger partial charge is 0.269 e. The molecule has 1 aromatic carbocycles. The van der Waals surface area contributed by atoms with Crippen molar-refractivity contribution in [3.63, 3.8) is 0 Å². The Bertz CT molecular complexity index is 637. The number of anilines is 1. The second-order valence-electron chi connectivity index (χ2n) is 6.06. The first-order valence-corrected chi connectivity index (χ1v) is 8.19. The molecule has 0 bridgehead atoms. The number of methoxy groups -OCH3 is 1. The Hall–Kier alpha value is -2.56. The molecule has 0 aliphatic carbocycles. The normalized spacial score (nSPS) is 10.5. The fraction of sp³-hybridized carbons (Fsp3) is 0.368. The highest BCUT2D eigenvalue weighted by Gasteiger charge is 2.07. The molecule has 0 unspecified atom stereocenters. The first kappa shape index (κ1) is 17.8. The minimum atomic E-state index is -0.131. The number of hydrogen-bond donors (Lipinski definition) is 2. The highest BCUT2D eigenvalue weighted by atomic mass is 16.5. The van der Waals surface area contributed by atoms with E-state index >= 15 is 0 Å². The monoisotopic (exact) mass is 327 g/mol. The Morgan fingerprint density at radius 2 is 1.92 bits per heavy atom. The SMILES string of the molecule is COc1ccc(CCNc2ccc(C(=O)NCC(C)C)nc2)cc1. The summed E-state index contributed by atoms with van der Waals surface area (Å²) in [6, 6.07) is 11.7. The van der Waals surface area contributed by atoms with Crippen LogP contribution in [-0.4, -0.2) is 31.1 Å². The predicted octanol–water partition coefficient (Wildman–Crippen LogP) is 3.13. The number of nitrogens with one attached hydrogen (secondary N) is 2. The van der Waals surface area contributed by atoms with Gasteiger partial charge in [-0.2, -0.15) is 0 Å². The molecule has 2 rings (SSSR count). The van der Waals surface area contributed by atoms with Crippen LogP contribution in [0.25, 0.3) is 0 Å². The maximum absolute atomic E-state index is 11.9. The van der Waals surface area contributed by atoms with Crippen molar-refractivity contribution in [3.8, 4) is 5.75 Å². The lowest BCUT2D eigenvalue weighted by molar-refractivity contribution is 0.0944. The maximum Gasteiger partial charge on any atom is 0.269 e. The summed E-state index contributed by atoms with van der Waals surface area (Å²) >= 11 is 0. The Morgan fingerprint density at radius 3 is 2.50 bits per heavy atom. The zero-order chi connectivity index (χ0) is 17.4. The molecule has 1 amide bonds. The van der Waals surface area contributed by atoms with Crippen LogP contribution in [0.15, 0.2) is 42.6 Å². The number of carbonyl (C=O) groups excluding carboxylic acids is 1. The highest BCUT2D eigenvalue weighted by Crippen LogP contribution is 2.12. The van der Waals surface area contributed by atoms with Gasteiger partial charge in [-0.15, -0.1) is 0 Å². The maximum atomic E-state index is 11.9. The molecule has 0 fully saturated rings. The average molecular weight is 327 g/mol. The van der Waals surface area contributed by atoms with Crippen LogP contribution in [0.3, 0.4) is 0 Å². The van der Waals surface area contributed by atoms with Gasteiger partial charge in [0.1, 0.15) is 11.4 Å². The first-order valence-electron chi connectivity index (χ1n) is 8.19. The van der Waals surface area contributed by atoms with E-state index in [0.717, 1.165) is 24.4 Å². The van der Waals surface area contributed by atoms with E-state index in [2.05, 4.69) is 41.6 Å². The summed E-state index contributed by atoms with van der Waals surface area (Å²) in [6.45, 7) is 5.57. The second-order valence-corrected chi connectivity index (χ2v) is 6.06. The second kappa shape index (κ2) is 8.91. The van der Waals surface area contributed by atoms with Crippen molar-refractivity contribution in [1.29, 1.82) is 0 Å². The third kappa shape index (κ3) is 5.57. The van der Waals surface area contributed by atoms with E-state index in [1.165, 1.54) is 5.56 Å². The number of rotatable bonds is 8. The van der Waals surface area contributed by atoms with Crippen LogP contribution in [0.1, 0.15) is 29.9 Å². The molecule has 0 saturated carbocycles. The van der Waals surface area contributed by atoms with Crippen LogP contribution < -0.4 is 15.4 Å². The number of carbonyl (C=O) groups is 1. The number of pyridine rings is 1. The average Bonchev–Trinajstić information content (AvgIpc) is 2.61. The quantitative estimate of drug-likeness (QED) is 0.782. The van der Waals surface area contributed by atoms with Gasteiger partial charge in [-0.05, 0) is 42.2 Å². The van der Waals surface area contributed by atoms with Gasteiger partial charge in [-0.25, -0.2) is 4.98 Å². The first-order chi connectivity index (χ1) is 11.6. The Kier molecular flexibility index (Phi) is 6.61. The summed E-state index contributed by atoms with van der Waals surface area (Å²) in [7, 11) is 1.66. The molecular formula is C19H25N3O2. The Labute approximate surface area is 143 Å². The van der Waals surface area contributed by atoms with Gasteiger partial charge in [0.25, 0.3) is 5.91 Å². The van der Waals surface area contributed by atoms with Gasteiger partial charge in [-0.3, -0.25) is 4.79 Å². The van der Waals surface area contributed by atoms with E-state index in [4.69, 9.17) is 4.74 Å². The van der Waals surface area contributed by atoms with Crippen molar-refractivity contribution in [2.24, 2.45) is 5.92 Å². The summed E-state index contributed by atoms with van der Waals surface area (Å²) in [5.41, 5.74) is 2.58. The van der Waals surface area contributed by atoms with Crippen LogP contribution >= 0.6 is 0 Å². The van der Waals surface area contributed by atoms with Gasteiger partial charge < -0.3 is 15.4 Å². The number of amides is 1. The number of benzene rings is 1. The molecule has 0 atom stereocenters. The third-order valence-corrected chi connectivity index (χ3v) is 3.57. The number of aromatic nitrogens is 1. The van der Waals surface area contributed by atoms with Crippen LogP contribution in [0.4, 0.5) is 5.69 Å². The van der Waals surface area contributed by atoms with Crippen molar-refractivity contribution in [3.05, 3.63) is 53.9 Å². The van der Waals surface area contributed by atoms with Crippen molar-refractivity contribution < 1.29 is 9.53 Å². The minimum Gasteiger partial charge on any atom is -0.497 e. The third-order valence-electron chi connectivity index (χ3n) is 3.57. The summed E-state index contributed by atoms with van der Waals surface area (Å²) in [6.07, 6.45) is 2.60. The molecular weight excluding hydrogens is 302 g/mol. The Balaban J connectivity index is 1.79. The van der Waals surface area contributed by atoms with E-state index in [9.17, 15) is 4.79 Å². The lowest BCUT2D eigenvalue weighted by atomic mass is 10.1. The van der Waals surface area contributed by atoms with Gasteiger partial charge in [-0.1, -0.05) is 26.0 Å². The molecule has 1 heterocycles. The van der Waals surface area contributed by atoms with Crippen molar-refractivity contribution in [2.75, 3.05) is 25.5 Å². The van der Waals surface area contributed by atoms with Gasteiger partial charge in [0.05, 0.1) is 19.0 Å². The fourth-order valence-electron chi connectivity index (χ4n) is 2.16. The molecule has 0 radical (unpaired) electrons. The molecule has 0 saturated heterocycles. The summed E-state index contributed by atoms with van der Waals surface area (Å²) in [5, 5.41) is 6.17. The molecule has 128 valence electrons. The van der Waals surface area contributed by atoms with E-state index in [-0.39, 0.29) is 5.91 Å². The van der Waals surface area contributed by atoms with Crippen molar-refractivity contribution >= 4 is 11.6 Å². The molecule has 2 aromatic rings. The Morgan fingerprint density at radius 1 is 1.17 bits per heavy atom. The van der Waals surface area contributed by atoms with Gasteiger partial charge in [0.15, 0.2) is 0 Å². The molecule has 0 spiro atoms. The van der Waals surface area contributed by atoms with E-state index < -0.39 is 0 Å². The van der Waals surface area contributed by atoms with E-state index in [1.54, 1.807) is 19.4 Å². The number of ether oxygens (including phenoxy) is 1. The lowest BCUT2D eigenvalue weighted by Crippen LogP contribution is -2.28. The highest BCUT2D eigenvalue weighted by molar-refractivity contribution is 5.92. The topological polar surface area (TPSA) is 63.2 Å². The standard InChI is InChI=1S/C19H25N3O2/c1-14(2)12-22-19(23)18-9-6-16(13-21-18)20-11-10-15-4-7-17(24-3)8-5-15/h4-9,13-14,20H,10-12H2,1-3H3,(H,22,23). The molecule has 5 nitrogen and oxygen atoms in total. The lowest BCUT2D eigenvalue weighted by Gasteiger charge is -2.09. The van der Waals surface area contributed by atoms with Crippen LogP contribution in [0.2, 0.25) is 0 Å². The number of hydrogen-bond acceptors (Lipinski definition) is 4. The zero-order valence-electron chi connectivity index (χ0n) is 14.5. The van der Waals surface area contributed by atoms with Gasteiger partial charge in [0, 0.05) is 13.1 Å². The molecule has 0 aliphatic rings. The zero-order valence-corrected chi connectivity index (χ0v) is 14.5. The van der Waals surface area contributed by atoms with Crippen molar-refractivity contribution in [1.82, 2.24) is 10.3 Å². The van der Waals surface area contributed by atoms with Crippen LogP contribution in [0.5, 0.6) is 5.75 Å². The minimum absolute atomic E-state index is 0.131. The van der Waals surface area contributed by atoms with Crippen LogP contribution in [-0.2, 0) is 6.42 Å². The molecule has 0 aliphatic heterocycles.